The molecule has 5 rings (SSSR count). The summed E-state index contributed by atoms with van der Waals surface area (Å²) >= 11 is 0. The van der Waals surface area contributed by atoms with Gasteiger partial charge in [0, 0.05) is 43.6 Å². The highest BCUT2D eigenvalue weighted by Crippen LogP contribution is 2.30. The van der Waals surface area contributed by atoms with Crippen molar-refractivity contribution in [3.8, 4) is 11.5 Å². The summed E-state index contributed by atoms with van der Waals surface area (Å²) in [4.78, 5) is 39.1. The Kier molecular flexibility index (Phi) is 8.34. The quantitative estimate of drug-likeness (QED) is 0.300. The number of hydrogen-bond acceptors (Lipinski definition) is 5. The smallest absolute Gasteiger partial charge is 0.254 e. The Balaban J connectivity index is 1.27. The van der Waals surface area contributed by atoms with Gasteiger partial charge in [-0.25, -0.2) is 4.98 Å². The van der Waals surface area contributed by atoms with Crippen LogP contribution in [-0.2, 0) is 4.79 Å². The molecule has 1 fully saturated rings. The zero-order valence-electron chi connectivity index (χ0n) is 23.3. The molecule has 4 aromatic rings. The summed E-state index contributed by atoms with van der Waals surface area (Å²) in [6.07, 6.45) is 1.97. The number of carbonyl (C=O) groups excluding carboxylic acids is 2. The van der Waals surface area contributed by atoms with Crippen molar-refractivity contribution in [3.05, 3.63) is 89.7 Å². The number of imidazole rings is 1. The third-order valence-corrected chi connectivity index (χ3v) is 7.82. The van der Waals surface area contributed by atoms with E-state index in [-0.39, 0.29) is 24.3 Å². The largest absolute Gasteiger partial charge is 0.497 e. The lowest BCUT2D eigenvalue weighted by atomic mass is 9.96. The second-order valence-electron chi connectivity index (χ2n) is 10.2. The molecule has 8 heteroatoms. The van der Waals surface area contributed by atoms with E-state index in [4.69, 9.17) is 14.5 Å². The Morgan fingerprint density at radius 1 is 0.975 bits per heavy atom. The number of carbonyl (C=O) groups is 2. The van der Waals surface area contributed by atoms with Crippen LogP contribution in [0.25, 0.3) is 11.0 Å². The average Bonchev–Trinajstić information content (AvgIpc) is 3.45. The average molecular weight is 541 g/mol. The molecule has 0 saturated carbocycles. The molecule has 0 radical (unpaired) electrons. The van der Waals surface area contributed by atoms with Gasteiger partial charge in [0.05, 0.1) is 31.3 Å². The van der Waals surface area contributed by atoms with Crippen LogP contribution >= 0.6 is 0 Å². The highest BCUT2D eigenvalue weighted by Gasteiger charge is 2.28. The molecule has 1 aliphatic heterocycles. The molecule has 1 N–H and O–H groups in total. The predicted octanol–water partition coefficient (Wildman–Crippen LogP) is 5.58. The zero-order valence-corrected chi connectivity index (χ0v) is 23.3. The number of hydrogen-bond donors (Lipinski definition) is 1. The van der Waals surface area contributed by atoms with Crippen molar-refractivity contribution in [3.63, 3.8) is 0 Å². The van der Waals surface area contributed by atoms with Gasteiger partial charge in [0.25, 0.3) is 5.91 Å². The number of piperidine rings is 1. The summed E-state index contributed by atoms with van der Waals surface area (Å²) in [6.45, 7) is 3.65. The molecule has 3 aromatic carbocycles. The van der Waals surface area contributed by atoms with E-state index >= 15 is 0 Å². The standard InChI is InChI=1S/C32H36N4O4/c1-22(23-9-5-4-6-10-23)36(32(38)25-19-26(39-2)21-27(20-25)40-3)18-15-30(37)35-16-13-24(14-17-35)31-33-28-11-7-8-12-29(28)34-31/h4-12,19-22,24H,13-18H2,1-3H3,(H,33,34). The molecule has 1 atom stereocenters. The maximum absolute atomic E-state index is 13.8. The molecule has 1 saturated heterocycles. The second kappa shape index (κ2) is 12.2. The lowest BCUT2D eigenvalue weighted by Gasteiger charge is -2.33. The first-order valence-corrected chi connectivity index (χ1v) is 13.8. The SMILES string of the molecule is COc1cc(OC)cc(C(=O)N(CCC(=O)N2CCC(c3nc4ccccc4[nH]3)CC2)C(C)c2ccccc2)c1. The molecule has 208 valence electrons. The number of H-pyrrole nitrogens is 1. The molecule has 8 nitrogen and oxygen atoms in total. The Hall–Kier alpha value is -4.33. The molecule has 1 aromatic heterocycles. The van der Waals surface area contributed by atoms with E-state index in [0.29, 0.717) is 42.6 Å². The summed E-state index contributed by atoms with van der Waals surface area (Å²) in [7, 11) is 3.12. The van der Waals surface area contributed by atoms with Crippen molar-refractivity contribution in [1.82, 2.24) is 19.8 Å². The van der Waals surface area contributed by atoms with Crippen LogP contribution in [0.4, 0.5) is 0 Å². The van der Waals surface area contributed by atoms with Gasteiger partial charge in [-0.05, 0) is 49.6 Å². The van der Waals surface area contributed by atoms with Crippen molar-refractivity contribution in [2.24, 2.45) is 0 Å². The number of nitrogens with one attached hydrogen (secondary N) is 1. The van der Waals surface area contributed by atoms with Crippen molar-refractivity contribution < 1.29 is 19.1 Å². The topological polar surface area (TPSA) is 87.8 Å². The van der Waals surface area contributed by atoms with Gasteiger partial charge >= 0.3 is 0 Å². The third-order valence-electron chi connectivity index (χ3n) is 7.82. The van der Waals surface area contributed by atoms with Crippen molar-refractivity contribution in [1.29, 1.82) is 0 Å². The number of benzene rings is 3. The molecule has 2 heterocycles. The number of aromatic amines is 1. The summed E-state index contributed by atoms with van der Waals surface area (Å²) in [5, 5.41) is 0. The van der Waals surface area contributed by atoms with Crippen molar-refractivity contribution in [2.45, 2.75) is 38.1 Å². The van der Waals surface area contributed by atoms with Crippen molar-refractivity contribution in [2.75, 3.05) is 33.9 Å². The van der Waals surface area contributed by atoms with Gasteiger partial charge in [-0.15, -0.1) is 0 Å². The number of fused-ring (bicyclic) bond motifs is 1. The van der Waals surface area contributed by atoms with Gasteiger partial charge in [-0.3, -0.25) is 9.59 Å². The molecule has 1 unspecified atom stereocenters. The molecule has 0 spiro atoms. The van der Waals surface area contributed by atoms with Crippen molar-refractivity contribution >= 4 is 22.8 Å². The minimum Gasteiger partial charge on any atom is -0.497 e. The number of methoxy groups -OCH3 is 2. The fourth-order valence-corrected chi connectivity index (χ4v) is 5.42. The molecule has 40 heavy (non-hydrogen) atoms. The van der Waals surface area contributed by atoms with Crippen LogP contribution in [0.5, 0.6) is 11.5 Å². The number of amides is 2. The molecule has 0 aliphatic carbocycles. The maximum atomic E-state index is 13.8. The number of para-hydroxylation sites is 2. The van der Waals surface area contributed by atoms with Crippen LogP contribution in [0.1, 0.15) is 59.9 Å². The van der Waals surface area contributed by atoms with Crippen LogP contribution in [0.15, 0.2) is 72.8 Å². The molecule has 0 bridgehead atoms. The van der Waals surface area contributed by atoms with Crippen LogP contribution in [-0.4, -0.2) is 65.4 Å². The zero-order chi connectivity index (χ0) is 28.1. The fraction of sp³-hybridized carbons (Fsp3) is 0.344. The molecular weight excluding hydrogens is 504 g/mol. The number of ether oxygens (including phenoxy) is 2. The van der Waals surface area contributed by atoms with Crippen LogP contribution in [0.2, 0.25) is 0 Å². The lowest BCUT2D eigenvalue weighted by molar-refractivity contribution is -0.132. The van der Waals surface area contributed by atoms with E-state index in [1.807, 2.05) is 66.4 Å². The highest BCUT2D eigenvalue weighted by atomic mass is 16.5. The van der Waals surface area contributed by atoms with Gasteiger partial charge in [-0.1, -0.05) is 42.5 Å². The van der Waals surface area contributed by atoms with E-state index in [1.54, 1.807) is 37.3 Å². The molecule has 1 aliphatic rings. The summed E-state index contributed by atoms with van der Waals surface area (Å²) < 4.78 is 10.8. The lowest BCUT2D eigenvalue weighted by Crippen LogP contribution is -2.41. The van der Waals surface area contributed by atoms with Gasteiger partial charge < -0.3 is 24.3 Å². The minimum atomic E-state index is -0.225. The Morgan fingerprint density at radius 2 is 1.62 bits per heavy atom. The van der Waals surface area contributed by atoms with E-state index in [9.17, 15) is 9.59 Å². The van der Waals surface area contributed by atoms with Gasteiger partial charge in [0.2, 0.25) is 5.91 Å². The predicted molar refractivity (Wildman–Crippen MR) is 155 cm³/mol. The van der Waals surface area contributed by atoms with E-state index in [1.165, 1.54) is 0 Å². The van der Waals surface area contributed by atoms with Crippen LogP contribution in [0, 0.1) is 0 Å². The molecule has 2 amide bonds. The van der Waals surface area contributed by atoms with E-state index in [0.717, 1.165) is 35.3 Å². The number of likely N-dealkylation sites (tertiary alicyclic amines) is 1. The number of nitrogens with zero attached hydrogens (tertiary/aromatic N) is 3. The summed E-state index contributed by atoms with van der Waals surface area (Å²) in [6, 6.07) is 22.8. The van der Waals surface area contributed by atoms with Gasteiger partial charge in [0.15, 0.2) is 0 Å². The summed E-state index contributed by atoms with van der Waals surface area (Å²) in [5.74, 6) is 2.26. The van der Waals surface area contributed by atoms with Gasteiger partial charge in [0.1, 0.15) is 17.3 Å². The van der Waals surface area contributed by atoms with Crippen LogP contribution in [0.3, 0.4) is 0 Å². The number of rotatable bonds is 9. The normalized spacial score (nSPS) is 14.6. The van der Waals surface area contributed by atoms with E-state index < -0.39 is 0 Å². The first-order chi connectivity index (χ1) is 19.5. The minimum absolute atomic E-state index is 0.0596. The first-order valence-electron chi connectivity index (χ1n) is 13.8. The van der Waals surface area contributed by atoms with Crippen LogP contribution < -0.4 is 9.47 Å². The molecular formula is C32H36N4O4. The Morgan fingerprint density at radius 3 is 2.27 bits per heavy atom. The number of aromatic nitrogens is 2. The van der Waals surface area contributed by atoms with Gasteiger partial charge in [-0.2, -0.15) is 0 Å². The second-order valence-corrected chi connectivity index (χ2v) is 10.2. The Labute approximate surface area is 234 Å². The Bertz CT molecular complexity index is 1410. The monoisotopic (exact) mass is 540 g/mol. The third kappa shape index (κ3) is 5.96. The summed E-state index contributed by atoms with van der Waals surface area (Å²) in [5.41, 5.74) is 3.48. The highest BCUT2D eigenvalue weighted by molar-refractivity contribution is 5.95. The fourth-order valence-electron chi connectivity index (χ4n) is 5.42. The van der Waals surface area contributed by atoms with E-state index in [2.05, 4.69) is 4.98 Å². The maximum Gasteiger partial charge on any atom is 0.254 e. The first kappa shape index (κ1) is 27.2.